The molecule has 1 aromatic rings. The largest absolute Gasteiger partial charge is 0.385 e. The van der Waals surface area contributed by atoms with Crippen molar-refractivity contribution < 1.29 is 9.50 Å². The molecule has 0 aromatic heterocycles. The second-order valence-electron chi connectivity index (χ2n) is 6.15. The lowest BCUT2D eigenvalue weighted by atomic mass is 9.72. The number of aliphatic hydroxyl groups is 1. The van der Waals surface area contributed by atoms with Gasteiger partial charge in [0.2, 0.25) is 0 Å². The van der Waals surface area contributed by atoms with E-state index in [1.807, 2.05) is 6.07 Å². The van der Waals surface area contributed by atoms with Crippen molar-refractivity contribution in [2.75, 3.05) is 7.05 Å². The summed E-state index contributed by atoms with van der Waals surface area (Å²) in [5.74, 6) is -0.429. The second-order valence-corrected chi connectivity index (χ2v) is 6.15. The van der Waals surface area contributed by atoms with E-state index in [-0.39, 0.29) is 5.56 Å². The van der Waals surface area contributed by atoms with Crippen molar-refractivity contribution in [3.63, 3.8) is 0 Å². The first-order chi connectivity index (χ1) is 9.53. The Morgan fingerprint density at radius 3 is 2.60 bits per heavy atom. The fourth-order valence-corrected chi connectivity index (χ4v) is 3.88. The number of nitriles is 1. The van der Waals surface area contributed by atoms with Crippen molar-refractivity contribution >= 4 is 0 Å². The first kappa shape index (κ1) is 13.5. The molecule has 3 nitrogen and oxygen atoms in total. The fraction of sp³-hybridized carbons (Fsp3) is 0.562. The highest BCUT2D eigenvalue weighted by Crippen LogP contribution is 2.44. The second kappa shape index (κ2) is 4.83. The summed E-state index contributed by atoms with van der Waals surface area (Å²) in [5, 5.41) is 20.3. The fourth-order valence-electron chi connectivity index (χ4n) is 3.88. The SMILES string of the molecule is CN1C2CCCC1CC(O)(c1ccc(F)cc1C#N)C2. The molecule has 0 amide bonds. The van der Waals surface area contributed by atoms with E-state index in [0.29, 0.717) is 30.5 Å². The molecule has 4 heteroatoms. The quantitative estimate of drug-likeness (QED) is 0.856. The number of fused-ring (bicyclic) bond motifs is 2. The van der Waals surface area contributed by atoms with Gasteiger partial charge < -0.3 is 10.0 Å². The summed E-state index contributed by atoms with van der Waals surface area (Å²) in [7, 11) is 2.12. The Kier molecular flexibility index (Phi) is 3.27. The summed E-state index contributed by atoms with van der Waals surface area (Å²) in [6.07, 6.45) is 4.61. The van der Waals surface area contributed by atoms with Crippen LogP contribution in [0.15, 0.2) is 18.2 Å². The zero-order chi connectivity index (χ0) is 14.3. The molecule has 2 heterocycles. The maximum Gasteiger partial charge on any atom is 0.124 e. The van der Waals surface area contributed by atoms with E-state index in [4.69, 9.17) is 0 Å². The third kappa shape index (κ3) is 2.11. The molecule has 2 aliphatic rings. The molecule has 1 aromatic carbocycles. The first-order valence-corrected chi connectivity index (χ1v) is 7.18. The van der Waals surface area contributed by atoms with Crippen molar-refractivity contribution in [3.05, 3.63) is 35.1 Å². The number of benzene rings is 1. The predicted molar refractivity (Wildman–Crippen MR) is 73.4 cm³/mol. The number of piperidine rings is 2. The molecule has 3 rings (SSSR count). The van der Waals surface area contributed by atoms with E-state index in [2.05, 4.69) is 11.9 Å². The number of hydrogen-bond acceptors (Lipinski definition) is 3. The van der Waals surface area contributed by atoms with Crippen LogP contribution in [0.4, 0.5) is 4.39 Å². The molecule has 106 valence electrons. The van der Waals surface area contributed by atoms with Gasteiger partial charge in [-0.05, 0) is 44.9 Å². The molecule has 2 saturated heterocycles. The van der Waals surface area contributed by atoms with Gasteiger partial charge in [0.05, 0.1) is 17.2 Å². The molecule has 2 atom stereocenters. The average molecular weight is 274 g/mol. The lowest BCUT2D eigenvalue weighted by Crippen LogP contribution is -2.55. The molecule has 20 heavy (non-hydrogen) atoms. The minimum absolute atomic E-state index is 0.259. The zero-order valence-electron chi connectivity index (χ0n) is 11.6. The molecule has 0 radical (unpaired) electrons. The van der Waals surface area contributed by atoms with E-state index in [9.17, 15) is 14.8 Å². The molecule has 1 N–H and O–H groups in total. The maximum atomic E-state index is 13.3. The molecule has 2 bridgehead atoms. The summed E-state index contributed by atoms with van der Waals surface area (Å²) >= 11 is 0. The normalized spacial score (nSPS) is 33.7. The van der Waals surface area contributed by atoms with Gasteiger partial charge in [-0.25, -0.2) is 4.39 Å². The predicted octanol–water partition coefficient (Wildman–Crippen LogP) is 2.53. The number of halogens is 1. The van der Waals surface area contributed by atoms with Crippen molar-refractivity contribution in [1.29, 1.82) is 5.26 Å². The van der Waals surface area contributed by atoms with Crippen LogP contribution in [0.2, 0.25) is 0 Å². The lowest BCUT2D eigenvalue weighted by molar-refractivity contribution is -0.0876. The molecule has 0 saturated carbocycles. The van der Waals surface area contributed by atoms with Crippen LogP contribution < -0.4 is 0 Å². The van der Waals surface area contributed by atoms with E-state index in [0.717, 1.165) is 12.8 Å². The third-order valence-corrected chi connectivity index (χ3v) is 4.98. The van der Waals surface area contributed by atoms with Gasteiger partial charge in [-0.1, -0.05) is 12.5 Å². The standard InChI is InChI=1S/C16H19FN2O/c1-19-13-3-2-4-14(19)9-16(20,8-13)15-6-5-12(17)7-11(15)10-18/h5-7,13-14,20H,2-4,8-9H2,1H3. The minimum Gasteiger partial charge on any atom is -0.385 e. The Balaban J connectivity index is 1.99. The van der Waals surface area contributed by atoms with Crippen LogP contribution in [0.5, 0.6) is 0 Å². The van der Waals surface area contributed by atoms with Crippen LogP contribution >= 0.6 is 0 Å². The van der Waals surface area contributed by atoms with Gasteiger partial charge in [0.15, 0.2) is 0 Å². The summed E-state index contributed by atoms with van der Waals surface area (Å²) in [6, 6.07) is 6.86. The summed E-state index contributed by atoms with van der Waals surface area (Å²) in [4.78, 5) is 2.35. The first-order valence-electron chi connectivity index (χ1n) is 7.18. The van der Waals surface area contributed by atoms with Crippen LogP contribution in [0.25, 0.3) is 0 Å². The Hall–Kier alpha value is -1.44. The highest BCUT2D eigenvalue weighted by Gasteiger charge is 2.45. The zero-order valence-corrected chi connectivity index (χ0v) is 11.6. The smallest absolute Gasteiger partial charge is 0.124 e. The Morgan fingerprint density at radius 1 is 1.35 bits per heavy atom. The van der Waals surface area contributed by atoms with E-state index in [1.165, 1.54) is 18.6 Å². The van der Waals surface area contributed by atoms with Gasteiger partial charge in [-0.3, -0.25) is 0 Å². The summed E-state index contributed by atoms with van der Waals surface area (Å²) in [5.41, 5.74) is -0.150. The highest BCUT2D eigenvalue weighted by molar-refractivity contribution is 5.42. The Morgan fingerprint density at radius 2 is 2.00 bits per heavy atom. The van der Waals surface area contributed by atoms with E-state index in [1.54, 1.807) is 6.07 Å². The number of nitrogens with zero attached hydrogens (tertiary/aromatic N) is 2. The average Bonchev–Trinajstić information content (AvgIpc) is 2.40. The van der Waals surface area contributed by atoms with Crippen molar-refractivity contribution in [1.82, 2.24) is 4.90 Å². The van der Waals surface area contributed by atoms with Crippen LogP contribution in [0, 0.1) is 17.1 Å². The van der Waals surface area contributed by atoms with E-state index < -0.39 is 11.4 Å². The van der Waals surface area contributed by atoms with Gasteiger partial charge in [0.1, 0.15) is 5.82 Å². The van der Waals surface area contributed by atoms with E-state index >= 15 is 0 Å². The van der Waals surface area contributed by atoms with Crippen molar-refractivity contribution in [2.45, 2.75) is 49.8 Å². The minimum atomic E-state index is -0.999. The summed E-state index contributed by atoms with van der Waals surface area (Å²) < 4.78 is 13.3. The monoisotopic (exact) mass is 274 g/mol. The van der Waals surface area contributed by atoms with Crippen LogP contribution in [-0.4, -0.2) is 29.1 Å². The van der Waals surface area contributed by atoms with Crippen LogP contribution in [0.3, 0.4) is 0 Å². The topological polar surface area (TPSA) is 47.3 Å². The highest BCUT2D eigenvalue weighted by atomic mass is 19.1. The maximum absolute atomic E-state index is 13.3. The molecule has 2 unspecified atom stereocenters. The summed E-state index contributed by atoms with van der Waals surface area (Å²) in [6.45, 7) is 0. The van der Waals surface area contributed by atoms with Crippen molar-refractivity contribution in [3.8, 4) is 6.07 Å². The Labute approximate surface area is 118 Å². The van der Waals surface area contributed by atoms with Gasteiger partial charge in [0.25, 0.3) is 0 Å². The number of hydrogen-bond donors (Lipinski definition) is 1. The molecular formula is C16H19FN2O. The molecule has 2 aliphatic heterocycles. The third-order valence-electron chi connectivity index (χ3n) is 4.98. The van der Waals surface area contributed by atoms with Gasteiger partial charge >= 0.3 is 0 Å². The van der Waals surface area contributed by atoms with Crippen molar-refractivity contribution in [2.24, 2.45) is 0 Å². The lowest BCUT2D eigenvalue weighted by Gasteiger charge is -2.51. The van der Waals surface area contributed by atoms with Gasteiger partial charge in [-0.15, -0.1) is 0 Å². The molecule has 0 spiro atoms. The number of rotatable bonds is 1. The van der Waals surface area contributed by atoms with Gasteiger partial charge in [0, 0.05) is 17.6 Å². The van der Waals surface area contributed by atoms with Crippen LogP contribution in [0.1, 0.15) is 43.2 Å². The molecule has 0 aliphatic carbocycles. The Bertz CT molecular complexity index is 552. The molecule has 2 fully saturated rings. The molecular weight excluding hydrogens is 255 g/mol. The van der Waals surface area contributed by atoms with Crippen LogP contribution in [-0.2, 0) is 5.60 Å². The van der Waals surface area contributed by atoms with Gasteiger partial charge in [-0.2, -0.15) is 5.26 Å².